The van der Waals surface area contributed by atoms with Gasteiger partial charge in [0.2, 0.25) is 0 Å². The molecule has 0 bridgehead atoms. The summed E-state index contributed by atoms with van der Waals surface area (Å²) >= 11 is 0. The number of rotatable bonds is 27. The van der Waals surface area contributed by atoms with Crippen LogP contribution in [0.2, 0.25) is 0 Å². The first kappa shape index (κ1) is 119. The summed E-state index contributed by atoms with van der Waals surface area (Å²) < 4.78 is 169. The number of aryl methyl sites for hydroxylation is 6. The van der Waals surface area contributed by atoms with E-state index < -0.39 is 69.8 Å². The molecule has 147 heavy (non-hydrogen) atoms. The highest BCUT2D eigenvalue weighted by atomic mass is 19.2. The Labute approximate surface area is 886 Å². The summed E-state index contributed by atoms with van der Waals surface area (Å²) in [5.41, 5.74) is 6.16. The fourth-order valence-corrected chi connectivity index (χ4v) is 31.8. The summed E-state index contributed by atoms with van der Waals surface area (Å²) in [5, 5.41) is 0. The molecule has 0 N–H and O–H groups in total. The highest BCUT2D eigenvalue weighted by Crippen LogP contribution is 2.54. The molecule has 18 rings (SSSR count). The second-order valence-corrected chi connectivity index (χ2v) is 50.7. The quantitative estimate of drug-likeness (QED) is 0.0356. The Balaban J connectivity index is 0.000000147. The van der Waals surface area contributed by atoms with Gasteiger partial charge in [-0.25, -0.2) is 52.7 Å². The van der Waals surface area contributed by atoms with Gasteiger partial charge in [0.25, 0.3) is 0 Å². The Morgan fingerprint density at radius 2 is 0.272 bits per heavy atom. The average molecular weight is 2050 g/mol. The van der Waals surface area contributed by atoms with E-state index in [9.17, 15) is 52.7 Å². The topological polar surface area (TPSA) is 0 Å². The van der Waals surface area contributed by atoms with E-state index in [0.29, 0.717) is 66.8 Å². The predicted molar refractivity (Wildman–Crippen MR) is 591 cm³/mol. The number of hydrogen-bond acceptors (Lipinski definition) is 0. The molecule has 12 aliphatic carbocycles. The maximum atomic E-state index is 14.3. The van der Waals surface area contributed by atoms with Crippen molar-refractivity contribution in [2.24, 2.45) is 107 Å². The fraction of sp³-hybridized carbons (Fsp3) is 0.733. The zero-order valence-corrected chi connectivity index (χ0v) is 93.9. The molecule has 6 aromatic rings. The molecule has 12 saturated carbocycles. The van der Waals surface area contributed by atoms with E-state index >= 15 is 0 Å². The van der Waals surface area contributed by atoms with E-state index in [4.69, 9.17) is 0 Å². The van der Waals surface area contributed by atoms with E-state index in [0.717, 1.165) is 184 Å². The standard InChI is InChI=1S/C24H36F2.C23H34F2.4C22H32F2/c1-3-4-5-6-18-8-10-19(11-9-18)20-12-14-21(15-13-20)22-16-7-17(2)23(25)24(22)26;1-3-4-5-17-7-9-18(10-8-17)19-11-13-20(14-12-19)21-15-6-16(2)22(24)23(21)25;4*1-3-4-16-6-8-17(9-7-16)18-10-12-19(13-11-18)20-14-5-15(2)21(23)22(20)24/h7,16,18-21H,3-6,8-15H2,1-2H3;6,15,17-20H,3-5,7-14H2,1-2H3;4*5,14,16-19H,3-4,6-13H2,1-2H3. The Bertz CT molecular complexity index is 4410. The maximum Gasteiger partial charge on any atom is 0.162 e. The van der Waals surface area contributed by atoms with Crippen molar-refractivity contribution >= 4 is 0 Å². The molecule has 12 aliphatic rings. The Hall–Kier alpha value is -5.52. The zero-order chi connectivity index (χ0) is 105. The molecule has 0 saturated heterocycles. The lowest BCUT2D eigenvalue weighted by Crippen LogP contribution is -2.25. The third-order valence-corrected chi connectivity index (χ3v) is 41.4. The van der Waals surface area contributed by atoms with Gasteiger partial charge >= 0.3 is 0 Å². The molecular weight excluding hydrogens is 1850 g/mol. The van der Waals surface area contributed by atoms with Crippen molar-refractivity contribution in [3.63, 3.8) is 0 Å². The minimum Gasteiger partial charge on any atom is -0.203 e. The van der Waals surface area contributed by atoms with Gasteiger partial charge in [-0.2, -0.15) is 0 Å². The number of hydrogen-bond donors (Lipinski definition) is 0. The van der Waals surface area contributed by atoms with Gasteiger partial charge in [0.15, 0.2) is 69.8 Å². The van der Waals surface area contributed by atoms with Crippen LogP contribution in [0.3, 0.4) is 0 Å². The normalized spacial score (nSPS) is 30.8. The van der Waals surface area contributed by atoms with E-state index in [2.05, 4.69) is 41.5 Å². The predicted octanol–water partition coefficient (Wildman–Crippen LogP) is 44.1. The van der Waals surface area contributed by atoms with Crippen LogP contribution >= 0.6 is 0 Å². The Kier molecular flexibility index (Phi) is 48.4. The summed E-state index contributed by atoms with van der Waals surface area (Å²) in [6.07, 6.45) is 81.0. The summed E-state index contributed by atoms with van der Waals surface area (Å²) in [5.74, 6) is 9.86. The van der Waals surface area contributed by atoms with Gasteiger partial charge in [-0.3, -0.25) is 0 Å². The summed E-state index contributed by atoms with van der Waals surface area (Å²) in [7, 11) is 0. The molecule has 0 atom stereocenters. The summed E-state index contributed by atoms with van der Waals surface area (Å²) in [6.45, 7) is 23.5. The van der Waals surface area contributed by atoms with Gasteiger partial charge in [-0.15, -0.1) is 0 Å². The first-order valence-corrected chi connectivity index (χ1v) is 61.8. The van der Waals surface area contributed by atoms with Crippen molar-refractivity contribution in [1.29, 1.82) is 0 Å². The maximum absolute atomic E-state index is 14.3. The molecule has 0 aromatic heterocycles. The van der Waals surface area contributed by atoms with Crippen LogP contribution in [0.15, 0.2) is 72.8 Å². The highest BCUT2D eigenvalue weighted by Gasteiger charge is 2.41. The van der Waals surface area contributed by atoms with Crippen LogP contribution in [0.25, 0.3) is 0 Å². The Morgan fingerprint density at radius 1 is 0.143 bits per heavy atom. The molecule has 6 aromatic carbocycles. The number of unbranched alkanes of at least 4 members (excludes halogenated alkanes) is 3. The first-order chi connectivity index (χ1) is 71.1. The number of benzene rings is 6. The molecule has 12 heteroatoms. The second kappa shape index (κ2) is 60.0. The molecular formula is C135H198F12. The molecule has 0 nitrogen and oxygen atoms in total. The lowest BCUT2D eigenvalue weighted by atomic mass is 9.68. The third-order valence-electron chi connectivity index (χ3n) is 41.4. The zero-order valence-electron chi connectivity index (χ0n) is 93.9. The van der Waals surface area contributed by atoms with Gasteiger partial charge in [-0.1, -0.05) is 288 Å². The molecule has 0 radical (unpaired) electrons. The summed E-state index contributed by atoms with van der Waals surface area (Å²) in [4.78, 5) is 0. The first-order valence-electron chi connectivity index (χ1n) is 61.8. The van der Waals surface area contributed by atoms with E-state index in [1.54, 1.807) is 77.9 Å². The monoisotopic (exact) mass is 2050 g/mol. The highest BCUT2D eigenvalue weighted by molar-refractivity contribution is 5.34. The molecule has 822 valence electrons. The molecule has 0 heterocycles. The Morgan fingerprint density at radius 3 is 0.408 bits per heavy atom. The van der Waals surface area contributed by atoms with Crippen molar-refractivity contribution < 1.29 is 52.7 Å². The van der Waals surface area contributed by atoms with Crippen LogP contribution in [0.4, 0.5) is 52.7 Å². The largest absolute Gasteiger partial charge is 0.203 e. The van der Waals surface area contributed by atoms with Crippen LogP contribution in [0, 0.1) is 218 Å². The molecule has 12 fully saturated rings. The van der Waals surface area contributed by atoms with Gasteiger partial charge in [0.05, 0.1) is 0 Å². The summed E-state index contributed by atoms with van der Waals surface area (Å²) in [6, 6.07) is 21.3. The van der Waals surface area contributed by atoms with Crippen molar-refractivity contribution in [3.8, 4) is 0 Å². The minimum atomic E-state index is -0.649. The number of halogens is 12. The lowest BCUT2D eigenvalue weighted by molar-refractivity contribution is 0.155. The molecule has 0 spiro atoms. The van der Waals surface area contributed by atoms with Crippen LogP contribution < -0.4 is 0 Å². The van der Waals surface area contributed by atoms with Gasteiger partial charge in [-0.05, 0) is 481 Å². The average Bonchev–Trinajstić information content (AvgIpc) is 0.823. The van der Waals surface area contributed by atoms with Crippen LogP contribution in [0.5, 0.6) is 0 Å². The second-order valence-electron chi connectivity index (χ2n) is 50.7. The molecule has 0 amide bonds. The van der Waals surface area contributed by atoms with Crippen molar-refractivity contribution in [2.75, 3.05) is 0 Å². The van der Waals surface area contributed by atoms with Gasteiger partial charge < -0.3 is 0 Å². The molecule has 0 unspecified atom stereocenters. The van der Waals surface area contributed by atoms with Crippen LogP contribution in [0.1, 0.15) is 548 Å². The van der Waals surface area contributed by atoms with Gasteiger partial charge in [0, 0.05) is 0 Å². The SMILES string of the molecule is CCCC1CCC(C2CCC(c3ccc(C)c(F)c3F)CC2)CC1.CCCC1CCC(C2CCC(c3ccc(C)c(F)c3F)CC2)CC1.CCCC1CCC(C2CCC(c3ccc(C)c(F)c3F)CC2)CC1.CCCC1CCC(C2CCC(c3ccc(C)c(F)c3F)CC2)CC1.CCCCC1CCC(C2CCC(c3ccc(C)c(F)c3F)CC2)CC1.CCCCCC1CCC(C2CCC(c3ccc(C)c(F)c3F)CC2)CC1. The van der Waals surface area contributed by atoms with Crippen molar-refractivity contribution in [1.82, 2.24) is 0 Å². The molecule has 0 aliphatic heterocycles. The van der Waals surface area contributed by atoms with Crippen molar-refractivity contribution in [2.45, 2.75) is 523 Å². The minimum absolute atomic E-state index is 0.215. The van der Waals surface area contributed by atoms with E-state index in [1.165, 1.54) is 327 Å². The van der Waals surface area contributed by atoms with Crippen LogP contribution in [-0.2, 0) is 0 Å². The van der Waals surface area contributed by atoms with E-state index in [1.807, 2.05) is 36.4 Å². The van der Waals surface area contributed by atoms with Gasteiger partial charge in [0.1, 0.15) is 0 Å². The van der Waals surface area contributed by atoms with Crippen molar-refractivity contribution in [3.05, 3.63) is 209 Å². The lowest BCUT2D eigenvalue weighted by Gasteiger charge is -2.38. The smallest absolute Gasteiger partial charge is 0.162 e. The van der Waals surface area contributed by atoms with Crippen LogP contribution in [-0.4, -0.2) is 0 Å². The van der Waals surface area contributed by atoms with E-state index in [-0.39, 0.29) is 35.5 Å². The fourth-order valence-electron chi connectivity index (χ4n) is 31.8. The third kappa shape index (κ3) is 33.1.